The van der Waals surface area contributed by atoms with Crippen LogP contribution >= 0.6 is 0 Å². The van der Waals surface area contributed by atoms with Gasteiger partial charge >= 0.3 is 121 Å². The standard InChI is InChI=1S/C12H27GeNO4Si/c1-10-7-14-8-11(2)16-13(15-10,17-12(3)9-14)18-19(4,5)6/h10-12H,7-9H2,1-6H3. The van der Waals surface area contributed by atoms with Gasteiger partial charge < -0.3 is 0 Å². The van der Waals surface area contributed by atoms with E-state index in [1.807, 2.05) is 0 Å². The van der Waals surface area contributed by atoms with Crippen LogP contribution in [-0.4, -0.2) is 65.8 Å². The number of nitrogens with zero attached hydrogens (tertiary/aromatic N) is 1. The van der Waals surface area contributed by atoms with Crippen LogP contribution in [0, 0.1) is 0 Å². The first-order chi connectivity index (χ1) is 8.67. The van der Waals surface area contributed by atoms with Gasteiger partial charge in [0.1, 0.15) is 0 Å². The number of fused-ring (bicyclic) bond motifs is 6. The van der Waals surface area contributed by atoms with Gasteiger partial charge in [0.15, 0.2) is 0 Å². The van der Waals surface area contributed by atoms with Crippen molar-refractivity contribution in [3.63, 3.8) is 0 Å². The average Bonchev–Trinajstić information content (AvgIpc) is 2.07. The Kier molecular flexibility index (Phi) is 4.82. The van der Waals surface area contributed by atoms with E-state index < -0.39 is 22.9 Å². The van der Waals surface area contributed by atoms with E-state index in [2.05, 4.69) is 45.3 Å². The van der Waals surface area contributed by atoms with Gasteiger partial charge in [0.2, 0.25) is 0 Å². The van der Waals surface area contributed by atoms with E-state index in [1.54, 1.807) is 0 Å². The van der Waals surface area contributed by atoms with E-state index >= 15 is 0 Å². The third kappa shape index (κ3) is 4.52. The molecule has 3 aliphatic rings. The van der Waals surface area contributed by atoms with Crippen molar-refractivity contribution in [3.8, 4) is 0 Å². The van der Waals surface area contributed by atoms with Crippen LogP contribution in [0.2, 0.25) is 19.6 Å². The Morgan fingerprint density at radius 2 is 1.26 bits per heavy atom. The van der Waals surface area contributed by atoms with Crippen molar-refractivity contribution in [2.45, 2.75) is 58.7 Å². The molecule has 5 nitrogen and oxygen atoms in total. The van der Waals surface area contributed by atoms with Gasteiger partial charge in [0, 0.05) is 0 Å². The van der Waals surface area contributed by atoms with Crippen molar-refractivity contribution in [2.75, 3.05) is 19.6 Å². The van der Waals surface area contributed by atoms with Crippen molar-refractivity contribution < 1.29 is 14.7 Å². The Bertz CT molecular complexity index is 289. The molecule has 0 radical (unpaired) electrons. The Balaban J connectivity index is 2.27. The molecule has 112 valence electrons. The van der Waals surface area contributed by atoms with Crippen LogP contribution in [0.3, 0.4) is 0 Å². The first-order valence-electron chi connectivity index (χ1n) is 7.13. The van der Waals surface area contributed by atoms with Gasteiger partial charge in [-0.05, 0) is 0 Å². The first kappa shape index (κ1) is 15.9. The summed E-state index contributed by atoms with van der Waals surface area (Å²) >= 11 is -3.61. The van der Waals surface area contributed by atoms with E-state index in [0.717, 1.165) is 19.6 Å². The average molecular weight is 350 g/mol. The molecule has 0 aromatic heterocycles. The monoisotopic (exact) mass is 351 g/mol. The van der Waals surface area contributed by atoms with Crippen LogP contribution in [0.15, 0.2) is 0 Å². The van der Waals surface area contributed by atoms with E-state index in [1.165, 1.54) is 0 Å². The van der Waals surface area contributed by atoms with E-state index in [9.17, 15) is 0 Å². The molecule has 0 saturated carbocycles. The molecule has 3 saturated heterocycles. The van der Waals surface area contributed by atoms with Crippen molar-refractivity contribution in [3.05, 3.63) is 0 Å². The van der Waals surface area contributed by atoms with Crippen LogP contribution in [0.5, 0.6) is 0 Å². The summed E-state index contributed by atoms with van der Waals surface area (Å²) in [4.78, 5) is 2.36. The molecule has 2 bridgehead atoms. The number of rotatable bonds is 2. The molecule has 7 heteroatoms. The van der Waals surface area contributed by atoms with Gasteiger partial charge in [0.25, 0.3) is 0 Å². The summed E-state index contributed by atoms with van der Waals surface area (Å²) in [5, 5.41) is 0. The fourth-order valence-corrected chi connectivity index (χ4v) is 13.1. The molecular formula is C12H27GeNO4Si. The molecule has 3 aliphatic heterocycles. The van der Waals surface area contributed by atoms with Crippen molar-refractivity contribution >= 4 is 22.9 Å². The summed E-state index contributed by atoms with van der Waals surface area (Å²) < 4.78 is 24.9. The first-order valence-corrected chi connectivity index (χ1v) is 14.0. The van der Waals surface area contributed by atoms with E-state index in [0.29, 0.717) is 0 Å². The molecular weight excluding hydrogens is 323 g/mol. The molecule has 3 heterocycles. The molecule has 0 aliphatic carbocycles. The van der Waals surface area contributed by atoms with E-state index in [4.69, 9.17) is 14.7 Å². The molecule has 3 fully saturated rings. The minimum absolute atomic E-state index is 0.108. The molecule has 0 spiro atoms. The van der Waals surface area contributed by atoms with Crippen molar-refractivity contribution in [2.24, 2.45) is 0 Å². The fourth-order valence-electron chi connectivity index (χ4n) is 2.70. The zero-order valence-corrected chi connectivity index (χ0v) is 16.0. The number of hydrogen-bond acceptors (Lipinski definition) is 5. The van der Waals surface area contributed by atoms with Gasteiger partial charge in [0.05, 0.1) is 0 Å². The van der Waals surface area contributed by atoms with Crippen LogP contribution in [0.4, 0.5) is 0 Å². The third-order valence-electron chi connectivity index (χ3n) is 3.01. The van der Waals surface area contributed by atoms with Crippen LogP contribution in [-0.2, 0) is 14.7 Å². The molecule has 3 atom stereocenters. The predicted octanol–water partition coefficient (Wildman–Crippen LogP) is 1.82. The topological polar surface area (TPSA) is 40.2 Å². The van der Waals surface area contributed by atoms with Gasteiger partial charge in [-0.15, -0.1) is 0 Å². The van der Waals surface area contributed by atoms with Crippen LogP contribution in [0.1, 0.15) is 20.8 Å². The van der Waals surface area contributed by atoms with Gasteiger partial charge in [-0.1, -0.05) is 0 Å². The van der Waals surface area contributed by atoms with Gasteiger partial charge in [-0.2, -0.15) is 0 Å². The number of hydrogen-bond donors (Lipinski definition) is 0. The molecule has 3 rings (SSSR count). The quantitative estimate of drug-likeness (QED) is 0.711. The predicted molar refractivity (Wildman–Crippen MR) is 78.3 cm³/mol. The summed E-state index contributed by atoms with van der Waals surface area (Å²) in [6.45, 7) is 15.5. The molecule has 0 N–H and O–H groups in total. The zero-order chi connectivity index (χ0) is 14.3. The summed E-state index contributed by atoms with van der Waals surface area (Å²) in [5.74, 6) is 0. The normalized spacial score (nSPS) is 44.5. The third-order valence-corrected chi connectivity index (χ3v) is 13.7. The van der Waals surface area contributed by atoms with E-state index in [-0.39, 0.29) is 18.3 Å². The zero-order valence-electron chi connectivity index (χ0n) is 12.9. The summed E-state index contributed by atoms with van der Waals surface area (Å²) in [7, 11) is -1.77. The molecule has 19 heavy (non-hydrogen) atoms. The molecule has 0 aromatic carbocycles. The summed E-state index contributed by atoms with van der Waals surface area (Å²) in [6.07, 6.45) is 0.323. The molecule has 0 amide bonds. The SMILES string of the molecule is CC1CN2CC(C)[O][Ge]([O][Si](C)(C)C)([O]1)[O]C(C)C2. The fraction of sp³-hybridized carbons (Fsp3) is 1.00. The van der Waals surface area contributed by atoms with Crippen LogP contribution in [0.25, 0.3) is 0 Å². The molecule has 0 aromatic rings. The van der Waals surface area contributed by atoms with Crippen LogP contribution < -0.4 is 0 Å². The Morgan fingerprint density at radius 1 is 0.895 bits per heavy atom. The maximum absolute atomic E-state index is 6.32. The van der Waals surface area contributed by atoms with Crippen molar-refractivity contribution in [1.82, 2.24) is 4.90 Å². The van der Waals surface area contributed by atoms with Gasteiger partial charge in [-0.25, -0.2) is 0 Å². The Morgan fingerprint density at radius 3 is 1.58 bits per heavy atom. The summed E-state index contributed by atoms with van der Waals surface area (Å²) in [5.41, 5.74) is 0. The van der Waals surface area contributed by atoms with Gasteiger partial charge in [-0.3, -0.25) is 0 Å². The Labute approximate surface area is 121 Å². The summed E-state index contributed by atoms with van der Waals surface area (Å²) in [6, 6.07) is 0. The second kappa shape index (κ2) is 5.75. The second-order valence-electron chi connectivity index (χ2n) is 6.72. The Hall–Kier alpha value is 0.560. The second-order valence-corrected chi connectivity index (χ2v) is 16.0. The molecule has 3 unspecified atom stereocenters. The minimum atomic E-state index is -3.61. The van der Waals surface area contributed by atoms with Crippen molar-refractivity contribution in [1.29, 1.82) is 0 Å². The maximum atomic E-state index is 6.32.